The summed E-state index contributed by atoms with van der Waals surface area (Å²) in [7, 11) is 2.25. The number of amides is 1. The molecule has 2 saturated heterocycles. The quantitative estimate of drug-likeness (QED) is 0.714. The third kappa shape index (κ3) is 1.92. The maximum Gasteiger partial charge on any atom is 0.216 e. The van der Waals surface area contributed by atoms with E-state index in [1.165, 1.54) is 25.7 Å². The van der Waals surface area contributed by atoms with Gasteiger partial charge in [0.1, 0.15) is 0 Å². The van der Waals surface area contributed by atoms with Crippen molar-refractivity contribution >= 4 is 5.91 Å². The third-order valence-corrected chi connectivity index (χ3v) is 3.84. The fourth-order valence-corrected chi connectivity index (χ4v) is 2.98. The lowest BCUT2D eigenvalue weighted by Gasteiger charge is -2.36. The molecule has 0 saturated carbocycles. The van der Waals surface area contributed by atoms with Gasteiger partial charge in [-0.3, -0.25) is 4.79 Å². The summed E-state index contributed by atoms with van der Waals surface area (Å²) in [4.78, 5) is 13.3. The van der Waals surface area contributed by atoms with Crippen molar-refractivity contribution in [2.75, 3.05) is 13.6 Å². The van der Waals surface area contributed by atoms with Crippen LogP contribution in [0.25, 0.3) is 0 Å². The van der Waals surface area contributed by atoms with Crippen LogP contribution in [0.2, 0.25) is 0 Å². The molecule has 0 aromatic rings. The average molecular weight is 196 g/mol. The molecule has 2 bridgehead atoms. The standard InChI is InChI=1S/C11H20N2O/c1-8(14)12-7-9-5-10-3-4-11(6-9)13(10)2/h9-11H,3-7H2,1-2H3,(H,12,14)/t9?,10-,11+. The van der Waals surface area contributed by atoms with Gasteiger partial charge < -0.3 is 10.2 Å². The minimum Gasteiger partial charge on any atom is -0.356 e. The molecule has 2 rings (SSSR count). The molecular weight excluding hydrogens is 176 g/mol. The van der Waals surface area contributed by atoms with E-state index in [9.17, 15) is 4.79 Å². The van der Waals surface area contributed by atoms with Crippen molar-refractivity contribution in [1.29, 1.82) is 0 Å². The lowest BCUT2D eigenvalue weighted by Crippen LogP contribution is -2.43. The molecule has 0 aromatic carbocycles. The SMILES string of the molecule is CC(=O)NCC1C[C@H]2CC[C@@H](C1)N2C. The first-order valence-corrected chi connectivity index (χ1v) is 5.63. The molecule has 80 valence electrons. The Kier molecular flexibility index (Phi) is 2.77. The summed E-state index contributed by atoms with van der Waals surface area (Å²) in [5.41, 5.74) is 0. The number of nitrogens with one attached hydrogen (secondary N) is 1. The fourth-order valence-electron chi connectivity index (χ4n) is 2.98. The smallest absolute Gasteiger partial charge is 0.216 e. The van der Waals surface area contributed by atoms with Crippen molar-refractivity contribution in [2.45, 2.75) is 44.7 Å². The van der Waals surface area contributed by atoms with Gasteiger partial charge in [0.25, 0.3) is 0 Å². The second-order valence-electron chi connectivity index (χ2n) is 4.82. The Balaban J connectivity index is 1.84. The topological polar surface area (TPSA) is 32.3 Å². The molecule has 2 heterocycles. The van der Waals surface area contributed by atoms with Crippen molar-refractivity contribution in [3.8, 4) is 0 Å². The summed E-state index contributed by atoms with van der Waals surface area (Å²) >= 11 is 0. The summed E-state index contributed by atoms with van der Waals surface area (Å²) < 4.78 is 0. The van der Waals surface area contributed by atoms with E-state index in [-0.39, 0.29) is 5.91 Å². The zero-order valence-electron chi connectivity index (χ0n) is 9.12. The van der Waals surface area contributed by atoms with E-state index in [1.54, 1.807) is 6.92 Å². The fraction of sp³-hybridized carbons (Fsp3) is 0.909. The van der Waals surface area contributed by atoms with Gasteiger partial charge in [0, 0.05) is 25.6 Å². The predicted molar refractivity (Wildman–Crippen MR) is 56.0 cm³/mol. The average Bonchev–Trinajstić information content (AvgIpc) is 2.41. The number of carbonyl (C=O) groups excluding carboxylic acids is 1. The molecule has 2 aliphatic heterocycles. The van der Waals surface area contributed by atoms with Gasteiger partial charge in [-0.25, -0.2) is 0 Å². The molecule has 0 aliphatic carbocycles. The monoisotopic (exact) mass is 196 g/mol. The number of hydrogen-bond donors (Lipinski definition) is 1. The van der Waals surface area contributed by atoms with Crippen LogP contribution in [0.5, 0.6) is 0 Å². The van der Waals surface area contributed by atoms with Crippen LogP contribution in [0.15, 0.2) is 0 Å². The van der Waals surface area contributed by atoms with Crippen LogP contribution in [0, 0.1) is 5.92 Å². The van der Waals surface area contributed by atoms with E-state index in [0.717, 1.165) is 18.6 Å². The molecule has 2 aliphatic rings. The van der Waals surface area contributed by atoms with E-state index >= 15 is 0 Å². The summed E-state index contributed by atoms with van der Waals surface area (Å²) in [5.74, 6) is 0.823. The van der Waals surface area contributed by atoms with E-state index in [2.05, 4.69) is 17.3 Å². The first-order valence-electron chi connectivity index (χ1n) is 5.63. The van der Waals surface area contributed by atoms with Gasteiger partial charge in [0.15, 0.2) is 0 Å². The molecule has 3 heteroatoms. The minimum atomic E-state index is 0.108. The molecule has 3 nitrogen and oxygen atoms in total. The summed E-state index contributed by atoms with van der Waals surface area (Å²) in [5, 5.41) is 2.94. The van der Waals surface area contributed by atoms with Crippen LogP contribution in [0.3, 0.4) is 0 Å². The highest BCUT2D eigenvalue weighted by Gasteiger charge is 2.38. The first-order chi connectivity index (χ1) is 6.66. The minimum absolute atomic E-state index is 0.108. The van der Waals surface area contributed by atoms with Crippen molar-refractivity contribution < 1.29 is 4.79 Å². The Morgan fingerprint density at radius 2 is 1.93 bits per heavy atom. The zero-order chi connectivity index (χ0) is 10.1. The zero-order valence-corrected chi connectivity index (χ0v) is 9.12. The van der Waals surface area contributed by atoms with Crippen LogP contribution in [0.1, 0.15) is 32.6 Å². The van der Waals surface area contributed by atoms with E-state index < -0.39 is 0 Å². The number of fused-ring (bicyclic) bond motifs is 2. The Morgan fingerprint density at radius 3 is 2.43 bits per heavy atom. The lowest BCUT2D eigenvalue weighted by atomic mass is 9.91. The van der Waals surface area contributed by atoms with Crippen LogP contribution in [-0.4, -0.2) is 36.5 Å². The number of nitrogens with zero attached hydrogens (tertiary/aromatic N) is 1. The Labute approximate surface area is 85.8 Å². The van der Waals surface area contributed by atoms with Gasteiger partial charge >= 0.3 is 0 Å². The van der Waals surface area contributed by atoms with Crippen LogP contribution in [-0.2, 0) is 4.79 Å². The molecule has 0 spiro atoms. The van der Waals surface area contributed by atoms with Crippen LogP contribution >= 0.6 is 0 Å². The van der Waals surface area contributed by atoms with E-state index in [1.807, 2.05) is 0 Å². The van der Waals surface area contributed by atoms with Gasteiger partial charge in [-0.15, -0.1) is 0 Å². The van der Waals surface area contributed by atoms with Gasteiger partial charge in [-0.05, 0) is 38.6 Å². The summed E-state index contributed by atoms with van der Waals surface area (Å²) in [6, 6.07) is 1.57. The number of piperidine rings is 1. The van der Waals surface area contributed by atoms with Gasteiger partial charge in [-0.1, -0.05) is 0 Å². The second kappa shape index (κ2) is 3.89. The molecule has 14 heavy (non-hydrogen) atoms. The largest absolute Gasteiger partial charge is 0.356 e. The third-order valence-electron chi connectivity index (χ3n) is 3.84. The Morgan fingerprint density at radius 1 is 1.36 bits per heavy atom. The van der Waals surface area contributed by atoms with E-state index in [4.69, 9.17) is 0 Å². The van der Waals surface area contributed by atoms with Crippen molar-refractivity contribution in [3.63, 3.8) is 0 Å². The van der Waals surface area contributed by atoms with Gasteiger partial charge in [0.2, 0.25) is 5.91 Å². The molecule has 0 radical (unpaired) electrons. The normalized spacial score (nSPS) is 37.1. The number of rotatable bonds is 2. The van der Waals surface area contributed by atoms with Crippen molar-refractivity contribution in [2.24, 2.45) is 5.92 Å². The van der Waals surface area contributed by atoms with Crippen LogP contribution in [0.4, 0.5) is 0 Å². The summed E-state index contributed by atoms with van der Waals surface area (Å²) in [6.45, 7) is 2.49. The first kappa shape index (κ1) is 9.97. The lowest BCUT2D eigenvalue weighted by molar-refractivity contribution is -0.119. The Bertz CT molecular complexity index is 215. The molecule has 0 aromatic heterocycles. The molecule has 1 unspecified atom stereocenters. The maximum atomic E-state index is 10.8. The molecule has 3 atom stereocenters. The number of carbonyl (C=O) groups is 1. The summed E-state index contributed by atoms with van der Waals surface area (Å²) in [6.07, 6.45) is 5.26. The highest BCUT2D eigenvalue weighted by Crippen LogP contribution is 2.36. The van der Waals surface area contributed by atoms with E-state index in [0.29, 0.717) is 5.92 Å². The number of hydrogen-bond acceptors (Lipinski definition) is 2. The second-order valence-corrected chi connectivity index (χ2v) is 4.82. The van der Waals surface area contributed by atoms with Gasteiger partial charge in [-0.2, -0.15) is 0 Å². The highest BCUT2D eigenvalue weighted by molar-refractivity contribution is 5.72. The molecule has 1 amide bonds. The van der Waals surface area contributed by atoms with Crippen molar-refractivity contribution in [3.05, 3.63) is 0 Å². The molecular formula is C11H20N2O. The highest BCUT2D eigenvalue weighted by atomic mass is 16.1. The maximum absolute atomic E-state index is 10.8. The molecule has 2 fully saturated rings. The van der Waals surface area contributed by atoms with Crippen molar-refractivity contribution in [1.82, 2.24) is 10.2 Å². The van der Waals surface area contributed by atoms with Gasteiger partial charge in [0.05, 0.1) is 0 Å². The Hall–Kier alpha value is -0.570. The molecule has 1 N–H and O–H groups in total. The predicted octanol–water partition coefficient (Wildman–Crippen LogP) is 0.995. The van der Waals surface area contributed by atoms with Crippen LogP contribution < -0.4 is 5.32 Å².